The van der Waals surface area contributed by atoms with Crippen molar-refractivity contribution in [3.63, 3.8) is 0 Å². The molecule has 0 aromatic heterocycles. The zero-order chi connectivity index (χ0) is 9.07. The number of hydrogen-bond acceptors (Lipinski definition) is 6. The first-order valence-electron chi connectivity index (χ1n) is 2.40. The summed E-state index contributed by atoms with van der Waals surface area (Å²) < 4.78 is 3.68. The maximum absolute atomic E-state index is 5.44. The number of nitrogens with two attached hydrogens (primary N) is 6. The Bertz CT molecular complexity index is 143. The summed E-state index contributed by atoms with van der Waals surface area (Å²) in [6, 6.07) is 0. The Morgan fingerprint density at radius 2 is 1.73 bits per heavy atom. The van der Waals surface area contributed by atoms with Crippen LogP contribution in [0.25, 0.3) is 0 Å². The maximum Gasteiger partial charge on any atom is 0.434 e. The lowest BCUT2D eigenvalue weighted by molar-refractivity contribution is 1.39. The molecule has 8 nitrogen and oxygen atoms in total. The van der Waals surface area contributed by atoms with Crippen LogP contribution in [0.4, 0.5) is 0 Å². The van der Waals surface area contributed by atoms with Gasteiger partial charge in [-0.25, -0.2) is 0 Å². The van der Waals surface area contributed by atoms with Gasteiger partial charge >= 0.3 is 15.9 Å². The predicted molar refractivity (Wildman–Crippen MR) is 51.4 cm³/mol. The van der Waals surface area contributed by atoms with Crippen molar-refractivity contribution in [3.05, 3.63) is 0 Å². The third-order valence-electron chi connectivity index (χ3n) is 0.527. The van der Waals surface area contributed by atoms with E-state index in [-0.39, 0.29) is 0 Å². The highest BCUT2D eigenvalue weighted by atomic mass is 31.3. The molecular weight excluding hydrogens is 205 g/mol. The minimum absolute atomic E-state index is 1.36. The summed E-state index contributed by atoms with van der Waals surface area (Å²) in [5, 5.41) is 0. The highest BCUT2D eigenvalue weighted by Gasteiger charge is 2.35. The average molecular weight is 218 g/mol. The van der Waals surface area contributed by atoms with Crippen LogP contribution >= 0.6 is 24.3 Å². The second-order valence-corrected chi connectivity index (χ2v) is 6.28. The molecule has 66 valence electrons. The van der Waals surface area contributed by atoms with Crippen LogP contribution in [0.2, 0.25) is 0 Å². The molecular formula is H13N8P3+2. The quantitative estimate of drug-likeness (QED) is 0.288. The molecule has 0 aromatic carbocycles. The van der Waals surface area contributed by atoms with Crippen molar-refractivity contribution in [3.8, 4) is 0 Å². The number of nitrogens with zero attached hydrogens (tertiary/aromatic N) is 1. The van der Waals surface area contributed by atoms with Gasteiger partial charge in [0.25, 0.3) is 0 Å². The average Bonchev–Trinajstić information content (AvgIpc) is 1.53. The SMILES string of the molecule is NP(N)N[P+](N)(N)N=[P+](N)N. The Balaban J connectivity index is 4.11. The Morgan fingerprint density at radius 1 is 1.27 bits per heavy atom. The third-order valence-corrected chi connectivity index (χ3v) is 4.74. The topological polar surface area (TPSA) is 181 Å². The zero-order valence-electron chi connectivity index (χ0n) is 5.75. The summed E-state index contributed by atoms with van der Waals surface area (Å²) in [7, 11) is -5.44. The van der Waals surface area contributed by atoms with Crippen LogP contribution in [0, 0.1) is 0 Å². The van der Waals surface area contributed by atoms with E-state index in [4.69, 9.17) is 33.0 Å². The summed E-state index contributed by atoms with van der Waals surface area (Å²) in [6.07, 6.45) is 0. The highest BCUT2D eigenvalue weighted by Crippen LogP contribution is 2.46. The summed E-state index contributed by atoms with van der Waals surface area (Å²) in [6.45, 7) is 0. The van der Waals surface area contributed by atoms with Gasteiger partial charge in [0.15, 0.2) is 0 Å². The molecule has 0 saturated heterocycles. The molecule has 0 radical (unpaired) electrons. The van der Waals surface area contributed by atoms with Gasteiger partial charge < -0.3 is 0 Å². The van der Waals surface area contributed by atoms with Gasteiger partial charge in [-0.1, -0.05) is 4.86 Å². The second kappa shape index (κ2) is 4.64. The van der Waals surface area contributed by atoms with Gasteiger partial charge in [-0.3, -0.25) is 11.0 Å². The molecule has 0 spiro atoms. The van der Waals surface area contributed by atoms with Crippen LogP contribution < -0.4 is 37.9 Å². The summed E-state index contributed by atoms with van der Waals surface area (Å²) in [4.78, 5) is 2.53. The van der Waals surface area contributed by atoms with Crippen LogP contribution in [0.1, 0.15) is 0 Å². The number of hydrogen-bond donors (Lipinski definition) is 7. The van der Waals surface area contributed by atoms with Gasteiger partial charge in [0.1, 0.15) is 12.9 Å². The molecule has 0 bridgehead atoms. The Morgan fingerprint density at radius 3 is 2.00 bits per heavy atom. The monoisotopic (exact) mass is 218 g/mol. The van der Waals surface area contributed by atoms with Crippen molar-refractivity contribution in [2.45, 2.75) is 0 Å². The first kappa shape index (κ1) is 11.7. The molecule has 0 saturated carbocycles. The van der Waals surface area contributed by atoms with E-state index in [0.29, 0.717) is 0 Å². The van der Waals surface area contributed by atoms with Gasteiger partial charge in [-0.05, 0) is 0 Å². The summed E-state index contributed by atoms with van der Waals surface area (Å²) >= 11 is 0. The van der Waals surface area contributed by atoms with Crippen LogP contribution in [-0.4, -0.2) is 0 Å². The van der Waals surface area contributed by atoms with Crippen molar-refractivity contribution in [1.29, 1.82) is 0 Å². The van der Waals surface area contributed by atoms with Gasteiger partial charge in [-0.15, -0.1) is 22.0 Å². The van der Waals surface area contributed by atoms with Gasteiger partial charge in [0.05, 0.1) is 0 Å². The zero-order valence-corrected chi connectivity index (χ0v) is 8.44. The molecule has 0 heterocycles. The minimum atomic E-state index is -2.62. The molecule has 0 aromatic rings. The molecule has 0 amide bonds. The van der Waals surface area contributed by atoms with E-state index in [2.05, 4.69) is 9.37 Å². The van der Waals surface area contributed by atoms with Crippen molar-refractivity contribution >= 4 is 24.3 Å². The lowest BCUT2D eigenvalue weighted by atomic mass is 13.7. The molecule has 0 rings (SSSR count). The fraction of sp³-hybridized carbons (Fsp3) is 0. The maximum atomic E-state index is 5.44. The second-order valence-electron chi connectivity index (χ2n) is 1.71. The van der Waals surface area contributed by atoms with Gasteiger partial charge in [0.2, 0.25) is 0 Å². The fourth-order valence-electron chi connectivity index (χ4n) is 0.376. The normalized spacial score (nSPS) is 11.9. The Labute approximate surface area is 67.5 Å². The first-order valence-corrected chi connectivity index (χ1v) is 7.19. The molecule has 11 heavy (non-hydrogen) atoms. The largest absolute Gasteiger partial charge is 0.434 e. The molecule has 0 fully saturated rings. The van der Waals surface area contributed by atoms with E-state index in [1.165, 1.54) is 0 Å². The van der Waals surface area contributed by atoms with Crippen LogP contribution in [0.3, 0.4) is 0 Å². The number of rotatable bonds is 3. The molecule has 0 aliphatic carbocycles. The van der Waals surface area contributed by atoms with Gasteiger partial charge in [0, 0.05) is 0 Å². The van der Waals surface area contributed by atoms with E-state index >= 15 is 0 Å². The Hall–Kier alpha value is 0.680. The van der Waals surface area contributed by atoms with E-state index in [1.54, 1.807) is 0 Å². The molecule has 0 unspecified atom stereocenters. The van der Waals surface area contributed by atoms with E-state index < -0.39 is 24.3 Å². The number of nitrogens with one attached hydrogen (secondary N) is 1. The molecule has 0 aliphatic heterocycles. The molecule has 11 heteroatoms. The van der Waals surface area contributed by atoms with Crippen molar-refractivity contribution in [1.82, 2.24) is 4.86 Å². The molecule has 0 atom stereocenters. The van der Waals surface area contributed by atoms with E-state index in [1.807, 2.05) is 0 Å². The van der Waals surface area contributed by atoms with Crippen molar-refractivity contribution < 1.29 is 0 Å². The highest BCUT2D eigenvalue weighted by molar-refractivity contribution is 7.79. The van der Waals surface area contributed by atoms with Crippen molar-refractivity contribution in [2.75, 3.05) is 0 Å². The van der Waals surface area contributed by atoms with Crippen LogP contribution in [0.5, 0.6) is 0 Å². The van der Waals surface area contributed by atoms with Crippen molar-refractivity contribution in [2.24, 2.45) is 37.5 Å². The van der Waals surface area contributed by atoms with Gasteiger partial charge in [-0.2, -0.15) is 0 Å². The summed E-state index contributed by atoms with van der Waals surface area (Å²) in [5.74, 6) is 0. The fourth-order valence-corrected chi connectivity index (χ4v) is 3.74. The minimum Gasteiger partial charge on any atom is -0.283 e. The lowest BCUT2D eigenvalue weighted by Crippen LogP contribution is -2.28. The smallest absolute Gasteiger partial charge is 0.283 e. The third kappa shape index (κ3) is 7.05. The van der Waals surface area contributed by atoms with Crippen LogP contribution in [0.15, 0.2) is 4.52 Å². The Kier molecular flexibility index (Phi) is 4.93. The van der Waals surface area contributed by atoms with E-state index in [0.717, 1.165) is 0 Å². The predicted octanol–water partition coefficient (Wildman–Crippen LogP) is -1.27. The molecule has 13 N–H and O–H groups in total. The standard InChI is InChI=1S/H13N8P3/c1-9(2)7-11(5,6)8-10(3)4/h7H,1-2,5-6H2,(H4,3,4,8)/q+2. The molecule has 0 aliphatic rings. The van der Waals surface area contributed by atoms with E-state index in [9.17, 15) is 0 Å². The first-order chi connectivity index (χ1) is 4.83. The van der Waals surface area contributed by atoms with Crippen LogP contribution in [-0.2, 0) is 0 Å². The lowest BCUT2D eigenvalue weighted by Gasteiger charge is -2.08. The summed E-state index contributed by atoms with van der Waals surface area (Å²) in [5.41, 5.74) is 31.7.